The molecule has 0 bridgehead atoms. The first-order chi connectivity index (χ1) is 19.3. The van der Waals surface area contributed by atoms with Crippen LogP contribution in [0, 0.1) is 18.3 Å². The van der Waals surface area contributed by atoms with E-state index in [1.165, 1.54) is 6.08 Å². The van der Waals surface area contributed by atoms with E-state index < -0.39 is 5.91 Å². The Bertz CT molecular complexity index is 1580. The molecule has 0 saturated heterocycles. The molecule has 0 heterocycles. The molecule has 0 fully saturated rings. The molecule has 4 rings (SSSR count). The standard InChI is InChI=1S/C32H26Cl2N2O4/c1-21-4-3-5-22(14-21)19-40-31-17-29(38-2)11-7-23(31)15-25(18-35)32(37)36-27-9-12-28(13-10-27)39-20-24-6-8-26(33)16-30(24)34/h3-17H,19-20H2,1-2H3,(H,36,37)/b25-15+. The molecule has 1 N–H and O–H groups in total. The molecule has 40 heavy (non-hydrogen) atoms. The predicted octanol–water partition coefficient (Wildman–Crippen LogP) is 8.01. The van der Waals surface area contributed by atoms with Crippen LogP contribution in [-0.2, 0) is 18.0 Å². The number of methoxy groups -OCH3 is 1. The average molecular weight is 573 g/mol. The number of carbonyl (C=O) groups is 1. The number of benzene rings is 4. The van der Waals surface area contributed by atoms with Gasteiger partial charge in [-0.1, -0.05) is 59.1 Å². The third-order valence-electron chi connectivity index (χ3n) is 5.88. The monoisotopic (exact) mass is 572 g/mol. The van der Waals surface area contributed by atoms with Crippen LogP contribution in [0.5, 0.6) is 17.2 Å². The molecule has 0 unspecified atom stereocenters. The van der Waals surface area contributed by atoms with Gasteiger partial charge in [0.05, 0.1) is 7.11 Å². The Morgan fingerprint density at radius 1 is 0.925 bits per heavy atom. The van der Waals surface area contributed by atoms with Crippen molar-refractivity contribution in [2.75, 3.05) is 12.4 Å². The van der Waals surface area contributed by atoms with Gasteiger partial charge in [0.15, 0.2) is 0 Å². The van der Waals surface area contributed by atoms with Crippen molar-refractivity contribution in [3.63, 3.8) is 0 Å². The molecule has 0 aliphatic carbocycles. The second-order valence-corrected chi connectivity index (χ2v) is 9.70. The lowest BCUT2D eigenvalue weighted by atomic mass is 10.1. The minimum absolute atomic E-state index is 0.0803. The smallest absolute Gasteiger partial charge is 0.266 e. The third kappa shape index (κ3) is 7.79. The van der Waals surface area contributed by atoms with E-state index in [1.54, 1.807) is 67.8 Å². The zero-order valence-corrected chi connectivity index (χ0v) is 23.4. The highest BCUT2D eigenvalue weighted by Gasteiger charge is 2.13. The van der Waals surface area contributed by atoms with E-state index in [1.807, 2.05) is 37.3 Å². The van der Waals surface area contributed by atoms with Gasteiger partial charge in [0.25, 0.3) is 5.91 Å². The van der Waals surface area contributed by atoms with E-state index in [0.29, 0.717) is 45.2 Å². The van der Waals surface area contributed by atoms with Gasteiger partial charge in [-0.15, -0.1) is 0 Å². The van der Waals surface area contributed by atoms with Crippen molar-refractivity contribution < 1.29 is 19.0 Å². The molecular weight excluding hydrogens is 547 g/mol. The first-order valence-electron chi connectivity index (χ1n) is 12.3. The predicted molar refractivity (Wildman–Crippen MR) is 158 cm³/mol. The van der Waals surface area contributed by atoms with Crippen LogP contribution >= 0.6 is 23.2 Å². The molecule has 0 radical (unpaired) electrons. The summed E-state index contributed by atoms with van der Waals surface area (Å²) < 4.78 is 17.2. The molecule has 4 aromatic carbocycles. The summed E-state index contributed by atoms with van der Waals surface area (Å²) in [4.78, 5) is 12.9. The first kappa shape index (κ1) is 28.6. The van der Waals surface area contributed by atoms with Crippen molar-refractivity contribution in [1.82, 2.24) is 0 Å². The summed E-state index contributed by atoms with van der Waals surface area (Å²) in [6.07, 6.45) is 1.49. The maximum Gasteiger partial charge on any atom is 0.266 e. The van der Waals surface area contributed by atoms with Gasteiger partial charge in [0.2, 0.25) is 0 Å². The lowest BCUT2D eigenvalue weighted by Gasteiger charge is -2.12. The van der Waals surface area contributed by atoms with Crippen molar-refractivity contribution in [3.8, 4) is 23.3 Å². The number of anilines is 1. The Morgan fingerprint density at radius 3 is 2.40 bits per heavy atom. The fourth-order valence-corrected chi connectivity index (χ4v) is 4.25. The summed E-state index contributed by atoms with van der Waals surface area (Å²) >= 11 is 12.1. The van der Waals surface area contributed by atoms with Crippen LogP contribution in [0.2, 0.25) is 10.0 Å². The minimum Gasteiger partial charge on any atom is -0.497 e. The molecule has 0 aromatic heterocycles. The van der Waals surface area contributed by atoms with Crippen LogP contribution in [0.15, 0.2) is 90.5 Å². The van der Waals surface area contributed by atoms with Gasteiger partial charge in [-0.2, -0.15) is 5.26 Å². The molecule has 0 saturated carbocycles. The second kappa shape index (κ2) is 13.6. The number of nitrogens with one attached hydrogen (secondary N) is 1. The number of carbonyl (C=O) groups excluding carboxylic acids is 1. The highest BCUT2D eigenvalue weighted by Crippen LogP contribution is 2.28. The number of rotatable bonds is 10. The Morgan fingerprint density at radius 2 is 1.70 bits per heavy atom. The molecule has 0 atom stereocenters. The molecule has 1 amide bonds. The molecule has 0 aliphatic rings. The fraction of sp³-hybridized carbons (Fsp3) is 0.125. The van der Waals surface area contributed by atoms with Gasteiger partial charge in [0, 0.05) is 32.9 Å². The number of amides is 1. The Balaban J connectivity index is 1.44. The van der Waals surface area contributed by atoms with Gasteiger partial charge in [-0.3, -0.25) is 4.79 Å². The largest absolute Gasteiger partial charge is 0.497 e. The number of nitriles is 1. The molecule has 0 aliphatic heterocycles. The Labute approximate surface area is 243 Å². The molecule has 202 valence electrons. The van der Waals surface area contributed by atoms with E-state index in [0.717, 1.165) is 16.7 Å². The number of ether oxygens (including phenoxy) is 3. The number of hydrogen-bond acceptors (Lipinski definition) is 5. The summed E-state index contributed by atoms with van der Waals surface area (Å²) in [7, 11) is 1.56. The summed E-state index contributed by atoms with van der Waals surface area (Å²) in [6, 6.07) is 27.2. The maximum atomic E-state index is 12.9. The summed E-state index contributed by atoms with van der Waals surface area (Å²) in [5, 5.41) is 13.6. The zero-order valence-electron chi connectivity index (χ0n) is 21.9. The van der Waals surface area contributed by atoms with E-state index in [4.69, 9.17) is 37.4 Å². The maximum absolute atomic E-state index is 12.9. The van der Waals surface area contributed by atoms with Gasteiger partial charge in [-0.25, -0.2) is 0 Å². The van der Waals surface area contributed by atoms with E-state index in [9.17, 15) is 10.1 Å². The number of aryl methyl sites for hydroxylation is 1. The molecule has 8 heteroatoms. The van der Waals surface area contributed by atoms with Crippen molar-refractivity contribution >= 4 is 40.9 Å². The third-order valence-corrected chi connectivity index (χ3v) is 6.47. The zero-order chi connectivity index (χ0) is 28.5. The average Bonchev–Trinajstić information content (AvgIpc) is 2.95. The van der Waals surface area contributed by atoms with Gasteiger partial charge in [0.1, 0.15) is 42.1 Å². The lowest BCUT2D eigenvalue weighted by Crippen LogP contribution is -2.13. The first-order valence-corrected chi connectivity index (χ1v) is 13.1. The van der Waals surface area contributed by atoms with E-state index in [-0.39, 0.29) is 12.2 Å². The van der Waals surface area contributed by atoms with Crippen LogP contribution in [-0.4, -0.2) is 13.0 Å². The van der Waals surface area contributed by atoms with Gasteiger partial charge < -0.3 is 19.5 Å². The van der Waals surface area contributed by atoms with Gasteiger partial charge >= 0.3 is 0 Å². The molecular formula is C32H26Cl2N2O4. The molecule has 0 spiro atoms. The topological polar surface area (TPSA) is 80.6 Å². The van der Waals surface area contributed by atoms with Crippen LogP contribution in [0.1, 0.15) is 22.3 Å². The van der Waals surface area contributed by atoms with Crippen LogP contribution in [0.3, 0.4) is 0 Å². The van der Waals surface area contributed by atoms with Crippen molar-refractivity contribution in [3.05, 3.63) is 123 Å². The molecule has 6 nitrogen and oxygen atoms in total. The Hall–Kier alpha value is -4.44. The quantitative estimate of drug-likeness (QED) is 0.154. The second-order valence-electron chi connectivity index (χ2n) is 8.85. The number of nitrogens with zero attached hydrogens (tertiary/aromatic N) is 1. The van der Waals surface area contributed by atoms with Gasteiger partial charge in [-0.05, 0) is 67.1 Å². The summed E-state index contributed by atoms with van der Waals surface area (Å²) in [6.45, 7) is 2.60. The fourth-order valence-electron chi connectivity index (χ4n) is 3.79. The van der Waals surface area contributed by atoms with Crippen molar-refractivity contribution in [1.29, 1.82) is 5.26 Å². The summed E-state index contributed by atoms with van der Waals surface area (Å²) in [5.74, 6) is 1.13. The highest BCUT2D eigenvalue weighted by atomic mass is 35.5. The van der Waals surface area contributed by atoms with Crippen molar-refractivity contribution in [2.45, 2.75) is 20.1 Å². The van der Waals surface area contributed by atoms with Crippen LogP contribution in [0.4, 0.5) is 5.69 Å². The minimum atomic E-state index is -0.551. The van der Waals surface area contributed by atoms with Crippen LogP contribution in [0.25, 0.3) is 6.08 Å². The molecule has 4 aromatic rings. The SMILES string of the molecule is COc1ccc(/C=C(\C#N)C(=O)Nc2ccc(OCc3ccc(Cl)cc3Cl)cc2)c(OCc2cccc(C)c2)c1. The lowest BCUT2D eigenvalue weighted by molar-refractivity contribution is -0.112. The van der Waals surface area contributed by atoms with Crippen molar-refractivity contribution in [2.24, 2.45) is 0 Å². The number of hydrogen-bond donors (Lipinski definition) is 1. The van der Waals surface area contributed by atoms with Crippen LogP contribution < -0.4 is 19.5 Å². The highest BCUT2D eigenvalue weighted by molar-refractivity contribution is 6.35. The Kier molecular flexibility index (Phi) is 9.69. The normalized spacial score (nSPS) is 10.9. The van der Waals surface area contributed by atoms with E-state index in [2.05, 4.69) is 5.32 Å². The van der Waals surface area contributed by atoms with E-state index >= 15 is 0 Å². The number of halogens is 2. The summed E-state index contributed by atoms with van der Waals surface area (Å²) in [5.41, 5.74) is 3.93.